The van der Waals surface area contributed by atoms with Crippen LogP contribution in [-0.2, 0) is 23.1 Å². The number of aliphatic hydroxyl groups excluding tert-OH is 1. The van der Waals surface area contributed by atoms with Crippen LogP contribution in [0.2, 0.25) is 0 Å². The van der Waals surface area contributed by atoms with E-state index in [1.807, 2.05) is 9.47 Å². The minimum absolute atomic E-state index is 0.207. The van der Waals surface area contributed by atoms with E-state index in [2.05, 4.69) is 10.1 Å². The van der Waals surface area contributed by atoms with Gasteiger partial charge in [0.2, 0.25) is 0 Å². The van der Waals surface area contributed by atoms with E-state index < -0.39 is 56.4 Å². The largest absolute Gasteiger partial charge is 0.367 e. The van der Waals surface area contributed by atoms with Crippen molar-refractivity contribution >= 4 is 17.6 Å². The van der Waals surface area contributed by atoms with Crippen LogP contribution in [0.1, 0.15) is 32.6 Å². The Kier molecular flexibility index (Phi) is 9.32. The molecule has 4 unspecified atom stereocenters. The average molecular weight is 471 g/mol. The van der Waals surface area contributed by atoms with Crippen molar-refractivity contribution in [3.05, 3.63) is 32.6 Å². The van der Waals surface area contributed by atoms with Crippen LogP contribution in [0.5, 0.6) is 0 Å². The number of nitrogens with one attached hydrogen (secondary N) is 2. The maximum Gasteiger partial charge on any atom is 0.330 e. The lowest BCUT2D eigenvalue weighted by molar-refractivity contribution is -0.137. The third kappa shape index (κ3) is 6.27. The number of rotatable bonds is 10. The zero-order valence-electron chi connectivity index (χ0n) is 17.0. The maximum absolute atomic E-state index is 14.9. The van der Waals surface area contributed by atoms with Crippen molar-refractivity contribution in [2.24, 2.45) is 0 Å². The molecule has 0 amide bonds. The van der Waals surface area contributed by atoms with Crippen LogP contribution in [-0.4, -0.2) is 58.1 Å². The summed E-state index contributed by atoms with van der Waals surface area (Å²) in [6, 6.07) is -0.679. The van der Waals surface area contributed by atoms with E-state index in [1.165, 1.54) is 13.1 Å². The number of hydrogen-bond acceptors (Lipinski definition) is 8. The van der Waals surface area contributed by atoms with E-state index in [0.29, 0.717) is 0 Å². The number of aromatic amines is 1. The third-order valence-corrected chi connectivity index (χ3v) is 5.84. The first-order valence-corrected chi connectivity index (χ1v) is 11.1. The molecule has 1 fully saturated rings. The normalized spacial score (nSPS) is 27.3. The zero-order valence-corrected chi connectivity index (χ0v) is 19.2. The fraction of sp³-hybridized carbons (Fsp3) is 0.750. The van der Waals surface area contributed by atoms with E-state index in [1.54, 1.807) is 20.8 Å². The van der Waals surface area contributed by atoms with Gasteiger partial charge in [-0.25, -0.2) is 14.3 Å². The Balaban J connectivity index is 2.01. The van der Waals surface area contributed by atoms with Crippen molar-refractivity contribution in [3.63, 3.8) is 0 Å². The molecule has 0 spiro atoms. The van der Waals surface area contributed by atoms with Gasteiger partial charge in [-0.15, -0.1) is 0 Å². The molecule has 30 heavy (non-hydrogen) atoms. The standard InChI is InChI=1S/C16H28FN3O8P2/c1-7(2)26-15(22)9(4)19-30(24)25-6-10-12(28-29)11(17)14(27-10)20-5-8(3)13(21)18-16(20)23/h5,7,9-12,14-15,22,30H,6,29H2,1-4H3,(H,19,24)(H,18,21,23)/t9-,10-,11?,12?,14-,15?/m0/s1. The molecule has 1 aliphatic heterocycles. The molecule has 1 aromatic rings. The summed E-state index contributed by atoms with van der Waals surface area (Å²) in [7, 11) is -0.901. The molecule has 8 atom stereocenters. The van der Waals surface area contributed by atoms with Gasteiger partial charge in [0.15, 0.2) is 18.7 Å². The first kappa shape index (κ1) is 25.3. The van der Waals surface area contributed by atoms with E-state index in [9.17, 15) is 23.7 Å². The molecule has 14 heteroatoms. The van der Waals surface area contributed by atoms with Gasteiger partial charge < -0.3 is 23.6 Å². The summed E-state index contributed by atoms with van der Waals surface area (Å²) in [5.41, 5.74) is -1.20. The van der Waals surface area contributed by atoms with Crippen LogP contribution in [0, 0.1) is 6.92 Å². The predicted molar refractivity (Wildman–Crippen MR) is 109 cm³/mol. The molecule has 1 aromatic heterocycles. The van der Waals surface area contributed by atoms with Crippen molar-refractivity contribution < 1.29 is 32.6 Å². The summed E-state index contributed by atoms with van der Waals surface area (Å²) in [5.74, 6) is 0. The van der Waals surface area contributed by atoms with Gasteiger partial charge in [-0.1, -0.05) is 0 Å². The molecule has 0 radical (unpaired) electrons. The number of alkyl halides is 1. The quantitative estimate of drug-likeness (QED) is 0.326. The Labute approximate surface area is 175 Å². The summed E-state index contributed by atoms with van der Waals surface area (Å²) in [6.07, 6.45) is -5.44. The van der Waals surface area contributed by atoms with E-state index >= 15 is 0 Å². The number of hydrogen-bond donors (Lipinski definition) is 3. The molecule has 0 aliphatic carbocycles. The summed E-state index contributed by atoms with van der Waals surface area (Å²) < 4.78 is 49.0. The number of H-pyrrole nitrogens is 1. The van der Waals surface area contributed by atoms with Gasteiger partial charge in [0, 0.05) is 21.2 Å². The van der Waals surface area contributed by atoms with Gasteiger partial charge in [0.05, 0.1) is 18.8 Å². The fourth-order valence-electron chi connectivity index (χ4n) is 2.84. The lowest BCUT2D eigenvalue weighted by Crippen LogP contribution is -2.37. The number of aromatic nitrogens is 2. The van der Waals surface area contributed by atoms with Crippen molar-refractivity contribution in [1.29, 1.82) is 0 Å². The van der Waals surface area contributed by atoms with E-state index in [4.69, 9.17) is 18.5 Å². The van der Waals surface area contributed by atoms with Gasteiger partial charge in [0.25, 0.3) is 13.7 Å². The topological polar surface area (TPSA) is 141 Å². The SMILES string of the molecule is Cc1cn([C@H]2O[C@@H](CO[P@H](=O)N[C@@H](C)C(O)OC(C)C)C(OP)C2F)c(=O)[nH]c1=O. The molecule has 2 heterocycles. The van der Waals surface area contributed by atoms with Crippen LogP contribution < -0.4 is 16.3 Å². The Morgan fingerprint density at radius 1 is 1.43 bits per heavy atom. The van der Waals surface area contributed by atoms with Crippen LogP contribution in [0.15, 0.2) is 15.8 Å². The number of aryl methyl sites for hydroxylation is 1. The molecule has 2 rings (SSSR count). The van der Waals surface area contributed by atoms with E-state index in [0.717, 1.165) is 4.57 Å². The first-order valence-electron chi connectivity index (χ1n) is 9.29. The lowest BCUT2D eigenvalue weighted by Gasteiger charge is -2.23. The second-order valence-electron chi connectivity index (χ2n) is 7.20. The predicted octanol–water partition coefficient (Wildman–Crippen LogP) is 0.384. The molecule has 0 bridgehead atoms. The Bertz CT molecular complexity index is 851. The number of halogens is 1. The van der Waals surface area contributed by atoms with E-state index in [-0.39, 0.29) is 18.3 Å². The van der Waals surface area contributed by atoms with Crippen molar-refractivity contribution in [1.82, 2.24) is 14.6 Å². The molecular formula is C16H28FN3O8P2. The first-order chi connectivity index (χ1) is 14.0. The average Bonchev–Trinajstić information content (AvgIpc) is 2.97. The molecule has 172 valence electrons. The summed E-state index contributed by atoms with van der Waals surface area (Å²) >= 11 is 0. The van der Waals surface area contributed by atoms with Crippen LogP contribution >= 0.6 is 17.6 Å². The van der Waals surface area contributed by atoms with Gasteiger partial charge in [-0.05, 0) is 27.7 Å². The van der Waals surface area contributed by atoms with Gasteiger partial charge in [0.1, 0.15) is 12.2 Å². The summed E-state index contributed by atoms with van der Waals surface area (Å²) in [5, 5.41) is 12.4. The second kappa shape index (κ2) is 11.1. The molecule has 1 saturated heterocycles. The molecule has 0 aromatic carbocycles. The monoisotopic (exact) mass is 471 g/mol. The van der Waals surface area contributed by atoms with Crippen LogP contribution in [0.3, 0.4) is 0 Å². The maximum atomic E-state index is 14.9. The van der Waals surface area contributed by atoms with Crippen molar-refractivity contribution in [2.75, 3.05) is 6.61 Å². The fourth-order valence-corrected chi connectivity index (χ4v) is 4.08. The summed E-state index contributed by atoms with van der Waals surface area (Å²) in [6.45, 7) is 6.23. The number of nitrogens with zero attached hydrogens (tertiary/aromatic N) is 1. The highest BCUT2D eigenvalue weighted by Gasteiger charge is 2.47. The molecular weight excluding hydrogens is 443 g/mol. The van der Waals surface area contributed by atoms with Gasteiger partial charge in [-0.3, -0.25) is 18.9 Å². The minimum Gasteiger partial charge on any atom is -0.367 e. The minimum atomic E-state index is -2.83. The molecule has 0 saturated carbocycles. The third-order valence-electron chi connectivity index (χ3n) is 4.41. The highest BCUT2D eigenvalue weighted by atomic mass is 31.1. The molecule has 3 N–H and O–H groups in total. The zero-order chi connectivity index (χ0) is 22.6. The summed E-state index contributed by atoms with van der Waals surface area (Å²) in [4.78, 5) is 25.7. The van der Waals surface area contributed by atoms with Crippen molar-refractivity contribution in [3.8, 4) is 0 Å². The Morgan fingerprint density at radius 2 is 2.10 bits per heavy atom. The molecule has 11 nitrogen and oxygen atoms in total. The van der Waals surface area contributed by atoms with Gasteiger partial charge >= 0.3 is 5.69 Å². The Hall–Kier alpha value is -0.970. The van der Waals surface area contributed by atoms with Crippen molar-refractivity contribution in [2.45, 2.75) is 70.7 Å². The van der Waals surface area contributed by atoms with Crippen LogP contribution in [0.25, 0.3) is 0 Å². The van der Waals surface area contributed by atoms with Gasteiger partial charge in [-0.2, -0.15) is 0 Å². The molecule has 1 aliphatic rings. The van der Waals surface area contributed by atoms with Crippen LogP contribution in [0.4, 0.5) is 4.39 Å². The second-order valence-corrected chi connectivity index (χ2v) is 8.62. The number of ether oxygens (including phenoxy) is 2. The Morgan fingerprint density at radius 3 is 2.70 bits per heavy atom. The highest BCUT2D eigenvalue weighted by molar-refractivity contribution is 7.36. The number of aliphatic hydroxyl groups is 1. The smallest absolute Gasteiger partial charge is 0.330 e. The highest BCUT2D eigenvalue weighted by Crippen LogP contribution is 2.35. The lowest BCUT2D eigenvalue weighted by atomic mass is 10.1.